The van der Waals surface area contributed by atoms with Crippen molar-refractivity contribution in [3.63, 3.8) is 0 Å². The number of aryl methyl sites for hydroxylation is 1. The molecule has 0 saturated carbocycles. The van der Waals surface area contributed by atoms with Crippen molar-refractivity contribution in [3.8, 4) is 0 Å². The van der Waals surface area contributed by atoms with E-state index >= 15 is 0 Å². The second kappa shape index (κ2) is 5.51. The van der Waals surface area contributed by atoms with Crippen molar-refractivity contribution >= 4 is 11.7 Å². The maximum absolute atomic E-state index is 11.7. The average molecular weight is 260 g/mol. The summed E-state index contributed by atoms with van der Waals surface area (Å²) >= 11 is 0. The minimum atomic E-state index is -0.280. The molecule has 0 spiro atoms. The Morgan fingerprint density at radius 3 is 2.74 bits per heavy atom. The molecule has 2 rings (SSSR count). The molecule has 100 valence electrons. The largest absolute Gasteiger partial charge is 0.363 e. The maximum atomic E-state index is 11.7. The quantitative estimate of drug-likeness (QED) is 0.899. The molecular formula is C13H16N4O2. The third kappa shape index (κ3) is 3.31. The number of pyridine rings is 1. The molecule has 2 aromatic heterocycles. The molecule has 0 radical (unpaired) electrons. The third-order valence-corrected chi connectivity index (χ3v) is 2.57. The molecule has 0 aliphatic carbocycles. The van der Waals surface area contributed by atoms with Gasteiger partial charge in [0.1, 0.15) is 5.82 Å². The number of hydrogen-bond acceptors (Lipinski definition) is 5. The molecule has 19 heavy (non-hydrogen) atoms. The van der Waals surface area contributed by atoms with E-state index in [9.17, 15) is 4.79 Å². The molecule has 0 saturated heterocycles. The molecule has 0 aromatic carbocycles. The van der Waals surface area contributed by atoms with E-state index in [0.29, 0.717) is 12.2 Å². The Labute approximate surface area is 111 Å². The van der Waals surface area contributed by atoms with Crippen LogP contribution in [0.4, 0.5) is 5.82 Å². The van der Waals surface area contributed by atoms with E-state index < -0.39 is 0 Å². The van der Waals surface area contributed by atoms with Gasteiger partial charge in [-0.05, 0) is 18.6 Å². The van der Waals surface area contributed by atoms with Crippen LogP contribution in [0.1, 0.15) is 21.8 Å². The lowest BCUT2D eigenvalue weighted by Gasteiger charge is -2.11. The van der Waals surface area contributed by atoms with Crippen LogP contribution in [0.25, 0.3) is 0 Å². The van der Waals surface area contributed by atoms with Gasteiger partial charge in [-0.3, -0.25) is 4.79 Å². The summed E-state index contributed by atoms with van der Waals surface area (Å²) in [5, 5.41) is 6.42. The number of amides is 1. The van der Waals surface area contributed by atoms with Crippen LogP contribution in [0.3, 0.4) is 0 Å². The number of carbonyl (C=O) groups excluding carboxylic acids is 1. The number of aromatic nitrogens is 2. The first-order valence-corrected chi connectivity index (χ1v) is 5.90. The predicted molar refractivity (Wildman–Crippen MR) is 71.0 cm³/mol. The van der Waals surface area contributed by atoms with Crippen molar-refractivity contribution in [3.05, 3.63) is 41.4 Å². The van der Waals surface area contributed by atoms with E-state index in [-0.39, 0.29) is 11.7 Å². The van der Waals surface area contributed by atoms with Crippen LogP contribution in [0.2, 0.25) is 0 Å². The highest BCUT2D eigenvalue weighted by Crippen LogP contribution is 2.08. The van der Waals surface area contributed by atoms with Gasteiger partial charge in [0, 0.05) is 32.9 Å². The normalized spacial score (nSPS) is 10.3. The Bertz CT molecular complexity index is 560. The standard InChI is InChI=1S/C13H16N4O2/c1-9-6-11(19-16-9)13(18)15-8-10-4-5-12(14-7-10)17(2)3/h4-7H,8H2,1-3H3,(H,15,18). The summed E-state index contributed by atoms with van der Waals surface area (Å²) in [6.45, 7) is 2.17. The smallest absolute Gasteiger partial charge is 0.290 e. The zero-order valence-corrected chi connectivity index (χ0v) is 11.2. The summed E-state index contributed by atoms with van der Waals surface area (Å²) in [5.41, 5.74) is 1.61. The van der Waals surface area contributed by atoms with Crippen LogP contribution >= 0.6 is 0 Å². The summed E-state index contributed by atoms with van der Waals surface area (Å²) in [6, 6.07) is 5.43. The van der Waals surface area contributed by atoms with Gasteiger partial charge in [0.15, 0.2) is 0 Å². The van der Waals surface area contributed by atoms with Crippen LogP contribution < -0.4 is 10.2 Å². The number of rotatable bonds is 4. The fraction of sp³-hybridized carbons (Fsp3) is 0.308. The summed E-state index contributed by atoms with van der Waals surface area (Å²) < 4.78 is 4.88. The number of nitrogens with zero attached hydrogens (tertiary/aromatic N) is 3. The molecule has 0 bridgehead atoms. The fourth-order valence-corrected chi connectivity index (χ4v) is 1.53. The Balaban J connectivity index is 1.93. The molecular weight excluding hydrogens is 244 g/mol. The molecule has 6 heteroatoms. The fourth-order valence-electron chi connectivity index (χ4n) is 1.53. The van der Waals surface area contributed by atoms with Crippen LogP contribution in [-0.2, 0) is 6.54 Å². The predicted octanol–water partition coefficient (Wildman–Crippen LogP) is 1.37. The molecule has 1 amide bonds. The highest BCUT2D eigenvalue weighted by Gasteiger charge is 2.10. The molecule has 2 heterocycles. The molecule has 0 unspecified atom stereocenters. The summed E-state index contributed by atoms with van der Waals surface area (Å²) in [7, 11) is 3.85. The van der Waals surface area contributed by atoms with Crippen molar-refractivity contribution in [2.45, 2.75) is 13.5 Å². The number of hydrogen-bond donors (Lipinski definition) is 1. The van der Waals surface area contributed by atoms with Gasteiger partial charge in [-0.1, -0.05) is 11.2 Å². The highest BCUT2D eigenvalue weighted by molar-refractivity contribution is 5.91. The molecule has 0 atom stereocenters. The van der Waals surface area contributed by atoms with Crippen molar-refractivity contribution in [2.24, 2.45) is 0 Å². The zero-order chi connectivity index (χ0) is 13.8. The molecule has 2 aromatic rings. The van der Waals surface area contributed by atoms with Crippen molar-refractivity contribution in [1.29, 1.82) is 0 Å². The number of nitrogens with one attached hydrogen (secondary N) is 1. The first-order chi connectivity index (χ1) is 9.06. The van der Waals surface area contributed by atoms with Gasteiger partial charge in [0.05, 0.1) is 5.69 Å². The average Bonchev–Trinajstić information content (AvgIpc) is 2.83. The van der Waals surface area contributed by atoms with Gasteiger partial charge in [0.25, 0.3) is 5.91 Å². The molecule has 0 fully saturated rings. The van der Waals surface area contributed by atoms with Crippen molar-refractivity contribution < 1.29 is 9.32 Å². The number of carbonyl (C=O) groups is 1. The van der Waals surface area contributed by atoms with Gasteiger partial charge >= 0.3 is 0 Å². The minimum Gasteiger partial charge on any atom is -0.363 e. The van der Waals surface area contributed by atoms with Crippen LogP contribution in [0.5, 0.6) is 0 Å². The van der Waals surface area contributed by atoms with Crippen molar-refractivity contribution in [2.75, 3.05) is 19.0 Å². The van der Waals surface area contributed by atoms with Gasteiger partial charge < -0.3 is 14.7 Å². The summed E-state index contributed by atoms with van der Waals surface area (Å²) in [6.07, 6.45) is 1.74. The molecule has 6 nitrogen and oxygen atoms in total. The Kier molecular flexibility index (Phi) is 3.79. The highest BCUT2D eigenvalue weighted by atomic mass is 16.5. The lowest BCUT2D eigenvalue weighted by atomic mass is 10.2. The van der Waals surface area contributed by atoms with E-state index in [4.69, 9.17) is 4.52 Å². The van der Waals surface area contributed by atoms with Gasteiger partial charge in [-0.25, -0.2) is 4.98 Å². The topological polar surface area (TPSA) is 71.3 Å². The van der Waals surface area contributed by atoms with E-state index in [1.807, 2.05) is 31.1 Å². The maximum Gasteiger partial charge on any atom is 0.290 e. The van der Waals surface area contributed by atoms with Crippen LogP contribution in [0.15, 0.2) is 28.9 Å². The first kappa shape index (κ1) is 13.1. The Morgan fingerprint density at radius 2 is 2.21 bits per heavy atom. The van der Waals surface area contributed by atoms with Crippen LogP contribution in [-0.4, -0.2) is 30.1 Å². The van der Waals surface area contributed by atoms with Crippen molar-refractivity contribution in [1.82, 2.24) is 15.5 Å². The van der Waals surface area contributed by atoms with E-state index in [1.165, 1.54) is 0 Å². The second-order valence-corrected chi connectivity index (χ2v) is 4.43. The SMILES string of the molecule is Cc1cc(C(=O)NCc2ccc(N(C)C)nc2)on1. The van der Waals surface area contributed by atoms with Gasteiger partial charge in [-0.15, -0.1) is 0 Å². The lowest BCUT2D eigenvalue weighted by molar-refractivity contribution is 0.0914. The van der Waals surface area contributed by atoms with E-state index in [2.05, 4.69) is 15.5 Å². The summed E-state index contributed by atoms with van der Waals surface area (Å²) in [5.74, 6) is 0.814. The van der Waals surface area contributed by atoms with Crippen LogP contribution in [0, 0.1) is 6.92 Å². The molecule has 0 aliphatic heterocycles. The summed E-state index contributed by atoms with van der Waals surface area (Å²) in [4.78, 5) is 17.9. The zero-order valence-electron chi connectivity index (χ0n) is 11.2. The second-order valence-electron chi connectivity index (χ2n) is 4.43. The van der Waals surface area contributed by atoms with Gasteiger partial charge in [0.2, 0.25) is 5.76 Å². The Morgan fingerprint density at radius 1 is 1.42 bits per heavy atom. The first-order valence-electron chi connectivity index (χ1n) is 5.90. The third-order valence-electron chi connectivity index (χ3n) is 2.57. The molecule has 1 N–H and O–H groups in total. The van der Waals surface area contributed by atoms with E-state index in [1.54, 1.807) is 19.2 Å². The number of anilines is 1. The lowest BCUT2D eigenvalue weighted by Crippen LogP contribution is -2.22. The molecule has 0 aliphatic rings. The van der Waals surface area contributed by atoms with Gasteiger partial charge in [-0.2, -0.15) is 0 Å². The Hall–Kier alpha value is -2.37. The monoisotopic (exact) mass is 260 g/mol. The van der Waals surface area contributed by atoms with E-state index in [0.717, 1.165) is 11.4 Å². The minimum absolute atomic E-state index is 0.218.